The first kappa shape index (κ1) is 15.4. The van der Waals surface area contributed by atoms with E-state index >= 15 is 0 Å². The number of thioether (sulfide) groups is 1. The first-order chi connectivity index (χ1) is 8.65. The molecule has 0 saturated carbocycles. The van der Waals surface area contributed by atoms with Crippen molar-refractivity contribution < 1.29 is 4.79 Å². The predicted molar refractivity (Wildman–Crippen MR) is 80.1 cm³/mol. The molecule has 18 heavy (non-hydrogen) atoms. The highest BCUT2D eigenvalue weighted by atomic mass is 35.5. The van der Waals surface area contributed by atoms with Crippen LogP contribution in [-0.2, 0) is 11.3 Å². The number of unbranched alkanes of at least 4 members (excludes halogenated alkanes) is 1. The van der Waals surface area contributed by atoms with Gasteiger partial charge in [0.2, 0.25) is 5.91 Å². The molecule has 0 fully saturated rings. The number of hydrogen-bond donors (Lipinski definition) is 1. The van der Waals surface area contributed by atoms with Gasteiger partial charge in [0.05, 0.1) is 5.25 Å². The third-order valence-electron chi connectivity index (χ3n) is 2.65. The minimum absolute atomic E-state index is 0.000891. The fourth-order valence-electron chi connectivity index (χ4n) is 1.45. The van der Waals surface area contributed by atoms with Gasteiger partial charge in [-0.3, -0.25) is 4.79 Å². The van der Waals surface area contributed by atoms with Crippen LogP contribution in [0.4, 0.5) is 0 Å². The second kappa shape index (κ2) is 8.44. The van der Waals surface area contributed by atoms with Gasteiger partial charge in [-0.2, -0.15) is 0 Å². The molecule has 0 aliphatic heterocycles. The van der Waals surface area contributed by atoms with Gasteiger partial charge in [0, 0.05) is 11.6 Å². The number of benzene rings is 1. The second-order valence-corrected chi connectivity index (χ2v) is 6.03. The van der Waals surface area contributed by atoms with Gasteiger partial charge in [-0.15, -0.1) is 11.8 Å². The molecule has 1 rings (SSSR count). The Hall–Kier alpha value is -0.670. The molecule has 1 atom stereocenters. The summed E-state index contributed by atoms with van der Waals surface area (Å²) in [4.78, 5) is 11.8. The number of rotatable bonds is 7. The molecule has 0 radical (unpaired) electrons. The Bertz CT molecular complexity index is 384. The molecule has 0 bridgehead atoms. The van der Waals surface area contributed by atoms with Gasteiger partial charge in [0.15, 0.2) is 0 Å². The van der Waals surface area contributed by atoms with Gasteiger partial charge < -0.3 is 5.32 Å². The van der Waals surface area contributed by atoms with E-state index < -0.39 is 0 Å². The van der Waals surface area contributed by atoms with Crippen molar-refractivity contribution in [2.45, 2.75) is 38.5 Å². The summed E-state index contributed by atoms with van der Waals surface area (Å²) in [6, 6.07) is 7.57. The van der Waals surface area contributed by atoms with Crippen molar-refractivity contribution >= 4 is 29.3 Å². The van der Waals surface area contributed by atoms with Gasteiger partial charge >= 0.3 is 0 Å². The summed E-state index contributed by atoms with van der Waals surface area (Å²) >= 11 is 7.74. The van der Waals surface area contributed by atoms with Crippen LogP contribution >= 0.6 is 23.4 Å². The van der Waals surface area contributed by atoms with E-state index in [0.717, 1.165) is 17.7 Å². The topological polar surface area (TPSA) is 29.1 Å². The zero-order chi connectivity index (χ0) is 13.4. The third kappa shape index (κ3) is 5.32. The van der Waals surface area contributed by atoms with Crippen molar-refractivity contribution in [3.05, 3.63) is 34.9 Å². The SMILES string of the molecule is CCCCSC(C)C(=O)NCc1ccccc1Cl. The van der Waals surface area contributed by atoms with Crippen LogP contribution < -0.4 is 5.32 Å². The molecule has 4 heteroatoms. The van der Waals surface area contributed by atoms with Crippen molar-refractivity contribution in [1.29, 1.82) is 0 Å². The van der Waals surface area contributed by atoms with Crippen molar-refractivity contribution in [3.63, 3.8) is 0 Å². The molecule has 0 spiro atoms. The molecule has 0 aromatic heterocycles. The molecular formula is C14H20ClNOS. The van der Waals surface area contributed by atoms with Crippen LogP contribution in [-0.4, -0.2) is 16.9 Å². The van der Waals surface area contributed by atoms with Crippen LogP contribution in [0.5, 0.6) is 0 Å². The molecule has 1 amide bonds. The zero-order valence-electron chi connectivity index (χ0n) is 10.9. The van der Waals surface area contributed by atoms with Crippen LogP contribution in [0.25, 0.3) is 0 Å². The number of nitrogens with one attached hydrogen (secondary N) is 1. The lowest BCUT2D eigenvalue weighted by molar-refractivity contribution is -0.120. The van der Waals surface area contributed by atoms with Gasteiger partial charge in [-0.25, -0.2) is 0 Å². The Labute approximate surface area is 118 Å². The summed E-state index contributed by atoms with van der Waals surface area (Å²) in [5, 5.41) is 3.62. The Morgan fingerprint density at radius 1 is 1.44 bits per heavy atom. The fraction of sp³-hybridized carbons (Fsp3) is 0.500. The lowest BCUT2D eigenvalue weighted by Crippen LogP contribution is -2.30. The van der Waals surface area contributed by atoms with Crippen LogP contribution in [0.15, 0.2) is 24.3 Å². The zero-order valence-corrected chi connectivity index (χ0v) is 12.5. The molecule has 0 aliphatic carbocycles. The standard InChI is InChI=1S/C14H20ClNOS/c1-3-4-9-18-11(2)14(17)16-10-12-7-5-6-8-13(12)15/h5-8,11H,3-4,9-10H2,1-2H3,(H,16,17). The largest absolute Gasteiger partial charge is 0.351 e. The maximum atomic E-state index is 11.8. The average Bonchev–Trinajstić information content (AvgIpc) is 2.37. The maximum absolute atomic E-state index is 11.8. The molecule has 0 saturated heterocycles. The quantitative estimate of drug-likeness (QED) is 0.771. The van der Waals surface area contributed by atoms with Crippen molar-refractivity contribution in [1.82, 2.24) is 5.32 Å². The Morgan fingerprint density at radius 2 is 2.17 bits per heavy atom. The van der Waals surface area contributed by atoms with Gasteiger partial charge in [-0.05, 0) is 30.7 Å². The minimum Gasteiger partial charge on any atom is -0.351 e. The molecule has 1 aromatic carbocycles. The van der Waals surface area contributed by atoms with Gasteiger partial charge in [-0.1, -0.05) is 43.1 Å². The van der Waals surface area contributed by atoms with Crippen LogP contribution in [0.3, 0.4) is 0 Å². The lowest BCUT2D eigenvalue weighted by atomic mass is 10.2. The summed E-state index contributed by atoms with van der Waals surface area (Å²) in [6.07, 6.45) is 2.33. The number of carbonyl (C=O) groups excluding carboxylic acids is 1. The summed E-state index contributed by atoms with van der Waals surface area (Å²) in [5.41, 5.74) is 0.957. The van der Waals surface area contributed by atoms with E-state index in [0.29, 0.717) is 11.6 Å². The number of halogens is 1. The number of carbonyl (C=O) groups is 1. The molecule has 1 aromatic rings. The van der Waals surface area contributed by atoms with E-state index in [-0.39, 0.29) is 11.2 Å². The minimum atomic E-state index is -0.000891. The number of amides is 1. The molecular weight excluding hydrogens is 266 g/mol. The van der Waals surface area contributed by atoms with Crippen molar-refractivity contribution in [2.24, 2.45) is 0 Å². The first-order valence-corrected chi connectivity index (χ1v) is 7.70. The summed E-state index contributed by atoms with van der Waals surface area (Å²) < 4.78 is 0. The van der Waals surface area contributed by atoms with Crippen LogP contribution in [0.2, 0.25) is 5.02 Å². The summed E-state index contributed by atoms with van der Waals surface area (Å²) in [5.74, 6) is 1.12. The van der Waals surface area contributed by atoms with Crippen LogP contribution in [0, 0.1) is 0 Å². The molecule has 100 valence electrons. The Morgan fingerprint density at radius 3 is 2.83 bits per heavy atom. The third-order valence-corrected chi connectivity index (χ3v) is 4.25. The second-order valence-electron chi connectivity index (χ2n) is 4.18. The maximum Gasteiger partial charge on any atom is 0.233 e. The van der Waals surface area contributed by atoms with E-state index in [9.17, 15) is 4.79 Å². The lowest BCUT2D eigenvalue weighted by Gasteiger charge is -2.12. The summed E-state index contributed by atoms with van der Waals surface area (Å²) in [6.45, 7) is 4.60. The van der Waals surface area contributed by atoms with E-state index in [1.54, 1.807) is 11.8 Å². The van der Waals surface area contributed by atoms with E-state index in [1.807, 2.05) is 31.2 Å². The molecule has 2 nitrogen and oxygen atoms in total. The van der Waals surface area contributed by atoms with Crippen molar-refractivity contribution in [3.8, 4) is 0 Å². The monoisotopic (exact) mass is 285 g/mol. The Kier molecular flexibility index (Phi) is 7.21. The predicted octanol–water partition coefficient (Wildman–Crippen LogP) is 3.88. The highest BCUT2D eigenvalue weighted by Gasteiger charge is 2.12. The highest BCUT2D eigenvalue weighted by molar-refractivity contribution is 8.00. The Balaban J connectivity index is 2.34. The van der Waals surface area contributed by atoms with Gasteiger partial charge in [0.25, 0.3) is 0 Å². The number of hydrogen-bond acceptors (Lipinski definition) is 2. The highest BCUT2D eigenvalue weighted by Crippen LogP contribution is 2.16. The normalized spacial score (nSPS) is 12.2. The summed E-state index contributed by atoms with van der Waals surface area (Å²) in [7, 11) is 0. The average molecular weight is 286 g/mol. The molecule has 0 heterocycles. The smallest absolute Gasteiger partial charge is 0.233 e. The van der Waals surface area contributed by atoms with Crippen LogP contribution in [0.1, 0.15) is 32.3 Å². The van der Waals surface area contributed by atoms with Gasteiger partial charge in [0.1, 0.15) is 0 Å². The molecule has 1 N–H and O–H groups in total. The van der Waals surface area contributed by atoms with Crippen molar-refractivity contribution in [2.75, 3.05) is 5.75 Å². The fourth-order valence-corrected chi connectivity index (χ4v) is 2.69. The van der Waals surface area contributed by atoms with E-state index in [1.165, 1.54) is 6.42 Å². The van der Waals surface area contributed by atoms with E-state index in [2.05, 4.69) is 12.2 Å². The molecule has 0 aliphatic rings. The molecule has 1 unspecified atom stereocenters. The van der Waals surface area contributed by atoms with E-state index in [4.69, 9.17) is 11.6 Å². The first-order valence-electron chi connectivity index (χ1n) is 6.28.